The van der Waals surface area contributed by atoms with E-state index in [1.165, 1.54) is 25.7 Å². The van der Waals surface area contributed by atoms with E-state index < -0.39 is 0 Å². The van der Waals surface area contributed by atoms with Crippen molar-refractivity contribution >= 4 is 5.78 Å². The third-order valence-corrected chi connectivity index (χ3v) is 9.08. The molecule has 0 bridgehead atoms. The Kier molecular flexibility index (Phi) is 3.99. The maximum atomic E-state index is 12.1. The largest absolute Gasteiger partial charge is 0.393 e. The van der Waals surface area contributed by atoms with Crippen LogP contribution < -0.4 is 0 Å². The SMILES string of the molecule is C=CCC1CC2CC(=O)CCC2(C)C2CCC3(C)C(O)CCC3C12. The molecule has 4 aliphatic rings. The standard InChI is InChI=1S/C22H34O2/c1-4-5-14-12-15-13-16(23)8-10-21(15,2)18-9-11-22(3)17(20(14)18)6-7-19(22)24/h4,14-15,17-20,24H,1,5-13H2,2-3H3. The minimum atomic E-state index is -0.105. The molecule has 8 atom stereocenters. The van der Waals surface area contributed by atoms with Crippen LogP contribution in [-0.4, -0.2) is 17.0 Å². The summed E-state index contributed by atoms with van der Waals surface area (Å²) in [5, 5.41) is 10.7. The highest BCUT2D eigenvalue weighted by Gasteiger charge is 2.62. The maximum Gasteiger partial charge on any atom is 0.133 e. The number of aliphatic hydroxyl groups is 1. The van der Waals surface area contributed by atoms with Gasteiger partial charge in [0.05, 0.1) is 6.10 Å². The summed E-state index contributed by atoms with van der Waals surface area (Å²) in [5.74, 6) is 3.90. The van der Waals surface area contributed by atoms with Crippen LogP contribution in [0.3, 0.4) is 0 Å². The topological polar surface area (TPSA) is 37.3 Å². The second-order valence-electron chi connectivity index (χ2n) is 9.89. The number of allylic oxidation sites excluding steroid dienone is 1. The van der Waals surface area contributed by atoms with Crippen LogP contribution in [0.5, 0.6) is 0 Å². The Hall–Kier alpha value is -0.630. The summed E-state index contributed by atoms with van der Waals surface area (Å²) in [6, 6.07) is 0. The molecule has 0 aromatic heterocycles. The molecule has 4 aliphatic carbocycles. The van der Waals surface area contributed by atoms with Gasteiger partial charge in [-0.25, -0.2) is 0 Å². The minimum Gasteiger partial charge on any atom is -0.393 e. The van der Waals surface area contributed by atoms with Gasteiger partial charge in [-0.2, -0.15) is 0 Å². The van der Waals surface area contributed by atoms with Crippen LogP contribution in [0.15, 0.2) is 12.7 Å². The van der Waals surface area contributed by atoms with Crippen LogP contribution in [0.2, 0.25) is 0 Å². The van der Waals surface area contributed by atoms with Crippen molar-refractivity contribution in [1.82, 2.24) is 0 Å². The molecule has 4 saturated carbocycles. The Bertz CT molecular complexity index is 540. The average molecular weight is 331 g/mol. The maximum absolute atomic E-state index is 12.1. The van der Waals surface area contributed by atoms with Gasteiger partial charge in [0.2, 0.25) is 0 Å². The Morgan fingerprint density at radius 1 is 1.17 bits per heavy atom. The van der Waals surface area contributed by atoms with E-state index in [9.17, 15) is 9.90 Å². The fourth-order valence-electron chi connectivity index (χ4n) is 7.65. The lowest BCUT2D eigenvalue weighted by Gasteiger charge is -2.62. The molecule has 8 unspecified atom stereocenters. The Morgan fingerprint density at radius 2 is 1.92 bits per heavy atom. The van der Waals surface area contributed by atoms with Gasteiger partial charge in [0.1, 0.15) is 5.78 Å². The van der Waals surface area contributed by atoms with E-state index in [-0.39, 0.29) is 11.5 Å². The average Bonchev–Trinajstić information content (AvgIpc) is 2.85. The second-order valence-corrected chi connectivity index (χ2v) is 9.89. The van der Waals surface area contributed by atoms with Gasteiger partial charge < -0.3 is 5.11 Å². The van der Waals surface area contributed by atoms with Gasteiger partial charge in [-0.05, 0) is 85.4 Å². The first kappa shape index (κ1) is 16.8. The van der Waals surface area contributed by atoms with Crippen LogP contribution in [0.4, 0.5) is 0 Å². The van der Waals surface area contributed by atoms with Crippen molar-refractivity contribution in [3.05, 3.63) is 12.7 Å². The lowest BCUT2D eigenvalue weighted by Crippen LogP contribution is -2.57. The van der Waals surface area contributed by atoms with Crippen LogP contribution in [0.1, 0.15) is 71.6 Å². The van der Waals surface area contributed by atoms with E-state index in [0.29, 0.717) is 29.0 Å². The van der Waals surface area contributed by atoms with Gasteiger partial charge in [-0.3, -0.25) is 4.79 Å². The van der Waals surface area contributed by atoms with E-state index in [0.717, 1.165) is 43.9 Å². The van der Waals surface area contributed by atoms with Crippen LogP contribution in [-0.2, 0) is 4.79 Å². The Labute approximate surface area is 147 Å². The van der Waals surface area contributed by atoms with Crippen molar-refractivity contribution in [2.75, 3.05) is 0 Å². The smallest absolute Gasteiger partial charge is 0.133 e. The van der Waals surface area contributed by atoms with Crippen molar-refractivity contribution in [2.45, 2.75) is 77.7 Å². The number of ketones is 1. The van der Waals surface area contributed by atoms with E-state index in [4.69, 9.17) is 0 Å². The molecule has 4 fully saturated rings. The second kappa shape index (κ2) is 5.69. The molecule has 2 heteroatoms. The summed E-state index contributed by atoms with van der Waals surface area (Å²) < 4.78 is 0. The quantitative estimate of drug-likeness (QED) is 0.741. The predicted octanol–water partition coefficient (Wildman–Crippen LogP) is 4.76. The Balaban J connectivity index is 1.71. The molecule has 1 N–H and O–H groups in total. The molecule has 0 spiro atoms. The number of hydrogen-bond acceptors (Lipinski definition) is 2. The molecule has 0 aromatic carbocycles. The lowest BCUT2D eigenvalue weighted by atomic mass is 9.42. The number of Topliss-reactive ketones (excluding diaryl/α,β-unsaturated/α-hetero) is 1. The highest BCUT2D eigenvalue weighted by molar-refractivity contribution is 5.79. The highest BCUT2D eigenvalue weighted by atomic mass is 16.3. The zero-order valence-corrected chi connectivity index (χ0v) is 15.5. The van der Waals surface area contributed by atoms with Gasteiger partial charge in [-0.15, -0.1) is 6.58 Å². The minimum absolute atomic E-state index is 0.105. The first-order valence-corrected chi connectivity index (χ1v) is 10.2. The van der Waals surface area contributed by atoms with Crippen molar-refractivity contribution in [3.63, 3.8) is 0 Å². The number of carbonyl (C=O) groups excluding carboxylic acids is 1. The van der Waals surface area contributed by atoms with Gasteiger partial charge >= 0.3 is 0 Å². The van der Waals surface area contributed by atoms with Gasteiger partial charge in [0.25, 0.3) is 0 Å². The first-order chi connectivity index (χ1) is 11.4. The third-order valence-electron chi connectivity index (χ3n) is 9.08. The van der Waals surface area contributed by atoms with E-state index >= 15 is 0 Å². The molecule has 0 heterocycles. The van der Waals surface area contributed by atoms with Crippen molar-refractivity contribution in [3.8, 4) is 0 Å². The van der Waals surface area contributed by atoms with Crippen LogP contribution >= 0.6 is 0 Å². The van der Waals surface area contributed by atoms with E-state index in [1.54, 1.807) is 0 Å². The molecule has 4 rings (SSSR count). The summed E-state index contributed by atoms with van der Waals surface area (Å²) in [6.07, 6.45) is 11.6. The monoisotopic (exact) mass is 330 g/mol. The molecule has 0 aliphatic heterocycles. The molecule has 24 heavy (non-hydrogen) atoms. The molecule has 0 amide bonds. The summed E-state index contributed by atoms with van der Waals surface area (Å²) in [7, 11) is 0. The van der Waals surface area contributed by atoms with Crippen molar-refractivity contribution < 1.29 is 9.90 Å². The number of aliphatic hydroxyl groups excluding tert-OH is 1. The zero-order valence-electron chi connectivity index (χ0n) is 15.5. The van der Waals surface area contributed by atoms with E-state index in [1.807, 2.05) is 0 Å². The van der Waals surface area contributed by atoms with Gasteiger partial charge in [0, 0.05) is 12.8 Å². The van der Waals surface area contributed by atoms with Crippen molar-refractivity contribution in [2.24, 2.45) is 40.4 Å². The summed E-state index contributed by atoms with van der Waals surface area (Å²) in [5.41, 5.74) is 0.486. The van der Waals surface area contributed by atoms with Crippen LogP contribution in [0, 0.1) is 40.4 Å². The molecular weight excluding hydrogens is 296 g/mol. The number of carbonyl (C=O) groups is 1. The summed E-state index contributed by atoms with van der Waals surface area (Å²) in [6.45, 7) is 8.89. The van der Waals surface area contributed by atoms with Gasteiger partial charge in [-0.1, -0.05) is 19.9 Å². The molecule has 134 valence electrons. The number of rotatable bonds is 2. The highest BCUT2D eigenvalue weighted by Crippen LogP contribution is 2.67. The van der Waals surface area contributed by atoms with Crippen molar-refractivity contribution in [1.29, 1.82) is 0 Å². The van der Waals surface area contributed by atoms with E-state index in [2.05, 4.69) is 26.5 Å². The fourth-order valence-corrected chi connectivity index (χ4v) is 7.65. The summed E-state index contributed by atoms with van der Waals surface area (Å²) in [4.78, 5) is 12.1. The molecule has 2 nitrogen and oxygen atoms in total. The third kappa shape index (κ3) is 2.21. The number of fused-ring (bicyclic) bond motifs is 5. The number of hydrogen-bond donors (Lipinski definition) is 1. The molecule has 0 aromatic rings. The Morgan fingerprint density at radius 3 is 2.67 bits per heavy atom. The summed E-state index contributed by atoms with van der Waals surface area (Å²) >= 11 is 0. The van der Waals surface area contributed by atoms with Crippen LogP contribution in [0.25, 0.3) is 0 Å². The molecule has 0 radical (unpaired) electrons. The van der Waals surface area contributed by atoms with Gasteiger partial charge in [0.15, 0.2) is 0 Å². The first-order valence-electron chi connectivity index (χ1n) is 10.2. The lowest BCUT2D eigenvalue weighted by molar-refractivity contribution is -0.154. The zero-order chi connectivity index (χ0) is 17.1. The molecular formula is C22H34O2. The normalized spacial score (nSPS) is 53.9. The molecule has 0 saturated heterocycles. The predicted molar refractivity (Wildman–Crippen MR) is 96.4 cm³/mol. The fraction of sp³-hybridized carbons (Fsp3) is 0.864.